The third-order valence-electron chi connectivity index (χ3n) is 7.43. The van der Waals surface area contributed by atoms with Crippen molar-refractivity contribution >= 4 is 13.9 Å². The van der Waals surface area contributed by atoms with Gasteiger partial charge in [0.1, 0.15) is 12.4 Å². The van der Waals surface area contributed by atoms with Crippen molar-refractivity contribution in [1.82, 2.24) is 5.32 Å². The van der Waals surface area contributed by atoms with Crippen LogP contribution >= 0.6 is 8.58 Å². The molecule has 0 aliphatic carbocycles. The first-order chi connectivity index (χ1) is 17.0. The first kappa shape index (κ1) is 27.4. The molecule has 3 heteroatoms. The second-order valence-electron chi connectivity index (χ2n) is 9.61. The van der Waals surface area contributed by atoms with E-state index in [1.54, 1.807) is 0 Å². The quantitative estimate of drug-likeness (QED) is 0.244. The van der Waals surface area contributed by atoms with Crippen LogP contribution in [0.15, 0.2) is 66.7 Å². The lowest BCUT2D eigenvalue weighted by Crippen LogP contribution is -2.27. The molecular weight excluding hydrogens is 445 g/mol. The van der Waals surface area contributed by atoms with Crippen LogP contribution in [0.1, 0.15) is 87.6 Å². The first-order valence-corrected chi connectivity index (χ1v) is 14.4. The molecule has 0 aliphatic heterocycles. The summed E-state index contributed by atoms with van der Waals surface area (Å²) in [6, 6.07) is 24.2. The fourth-order valence-corrected chi connectivity index (χ4v) is 6.64. The van der Waals surface area contributed by atoms with Crippen molar-refractivity contribution < 1.29 is 4.74 Å². The Kier molecular flexibility index (Phi) is 10.4. The SMILES string of the molecule is CCNCc1cccc(C)c1PC(CC)(CC)c1cccc(C(C)CC)c1OCc1ccccc1. The highest BCUT2D eigenvalue weighted by Crippen LogP contribution is 2.52. The van der Waals surface area contributed by atoms with Gasteiger partial charge in [0, 0.05) is 17.3 Å². The monoisotopic (exact) mass is 489 g/mol. The molecule has 1 N–H and O–H groups in total. The van der Waals surface area contributed by atoms with E-state index in [-0.39, 0.29) is 5.16 Å². The highest BCUT2D eigenvalue weighted by Gasteiger charge is 2.34. The minimum Gasteiger partial charge on any atom is -0.488 e. The van der Waals surface area contributed by atoms with Crippen molar-refractivity contribution in [3.05, 3.63) is 94.5 Å². The van der Waals surface area contributed by atoms with Crippen LogP contribution in [0.25, 0.3) is 0 Å². The zero-order valence-corrected chi connectivity index (χ0v) is 23.6. The minimum atomic E-state index is 0.0442. The third-order valence-corrected chi connectivity index (χ3v) is 9.85. The molecule has 0 fully saturated rings. The molecule has 0 radical (unpaired) electrons. The van der Waals surface area contributed by atoms with Crippen molar-refractivity contribution in [2.75, 3.05) is 6.54 Å². The Hall–Kier alpha value is -2.15. The fourth-order valence-electron chi connectivity index (χ4n) is 4.86. The number of ether oxygens (including phenoxy) is 1. The van der Waals surface area contributed by atoms with Gasteiger partial charge < -0.3 is 10.1 Å². The van der Waals surface area contributed by atoms with E-state index in [9.17, 15) is 0 Å². The molecule has 0 spiro atoms. The van der Waals surface area contributed by atoms with Gasteiger partial charge in [-0.25, -0.2) is 0 Å². The maximum atomic E-state index is 6.74. The highest BCUT2D eigenvalue weighted by molar-refractivity contribution is 7.48. The Morgan fingerprint density at radius 1 is 0.886 bits per heavy atom. The maximum Gasteiger partial charge on any atom is 0.127 e. The molecule has 0 bridgehead atoms. The van der Waals surface area contributed by atoms with Gasteiger partial charge in [0.15, 0.2) is 0 Å². The zero-order valence-electron chi connectivity index (χ0n) is 22.6. The van der Waals surface area contributed by atoms with Crippen LogP contribution in [0.3, 0.4) is 0 Å². The Balaban J connectivity index is 2.10. The van der Waals surface area contributed by atoms with Gasteiger partial charge in [0.05, 0.1) is 0 Å². The van der Waals surface area contributed by atoms with E-state index in [0.717, 1.165) is 38.1 Å². The average Bonchev–Trinajstić information content (AvgIpc) is 2.90. The van der Waals surface area contributed by atoms with Crippen molar-refractivity contribution in [3.8, 4) is 5.75 Å². The summed E-state index contributed by atoms with van der Waals surface area (Å²) in [5.41, 5.74) is 6.77. The van der Waals surface area contributed by atoms with Gasteiger partial charge in [0.25, 0.3) is 0 Å². The molecule has 0 saturated heterocycles. The lowest BCUT2D eigenvalue weighted by molar-refractivity contribution is 0.293. The van der Waals surface area contributed by atoms with E-state index >= 15 is 0 Å². The predicted octanol–water partition coefficient (Wildman–Crippen LogP) is 8.22. The largest absolute Gasteiger partial charge is 0.488 e. The summed E-state index contributed by atoms with van der Waals surface area (Å²) in [6.07, 6.45) is 3.27. The van der Waals surface area contributed by atoms with Gasteiger partial charge >= 0.3 is 0 Å². The Labute approximate surface area is 215 Å². The lowest BCUT2D eigenvalue weighted by atomic mass is 9.87. The molecule has 2 nitrogen and oxygen atoms in total. The van der Waals surface area contributed by atoms with Crippen molar-refractivity contribution in [3.63, 3.8) is 0 Å². The molecule has 3 rings (SSSR count). The minimum absolute atomic E-state index is 0.0442. The molecule has 2 atom stereocenters. The van der Waals surface area contributed by atoms with Crippen LogP contribution in [0.2, 0.25) is 0 Å². The molecule has 0 saturated carbocycles. The topological polar surface area (TPSA) is 21.3 Å². The molecule has 0 aliphatic rings. The molecule has 3 aromatic rings. The average molecular weight is 490 g/mol. The molecule has 2 unspecified atom stereocenters. The summed E-state index contributed by atoms with van der Waals surface area (Å²) in [5.74, 6) is 1.57. The second kappa shape index (κ2) is 13.2. The van der Waals surface area contributed by atoms with Gasteiger partial charge in [-0.1, -0.05) is 110 Å². The van der Waals surface area contributed by atoms with E-state index in [1.807, 2.05) is 0 Å². The smallest absolute Gasteiger partial charge is 0.127 e. The molecule has 188 valence electrons. The third kappa shape index (κ3) is 6.54. The van der Waals surface area contributed by atoms with Crippen LogP contribution in [0, 0.1) is 6.92 Å². The van der Waals surface area contributed by atoms with Crippen LogP contribution in [0.4, 0.5) is 0 Å². The summed E-state index contributed by atoms with van der Waals surface area (Å²) in [4.78, 5) is 0. The molecular formula is C32H44NOP. The molecule has 0 aromatic heterocycles. The summed E-state index contributed by atoms with van der Waals surface area (Å²) in [6.45, 7) is 16.3. The Morgan fingerprint density at radius 3 is 2.26 bits per heavy atom. The number of nitrogens with one attached hydrogen (secondary N) is 1. The van der Waals surface area contributed by atoms with Crippen molar-refractivity contribution in [2.24, 2.45) is 0 Å². The number of benzene rings is 3. The summed E-state index contributed by atoms with van der Waals surface area (Å²) >= 11 is 0. The van der Waals surface area contributed by atoms with Gasteiger partial charge in [-0.3, -0.25) is 0 Å². The number of rotatable bonds is 13. The normalized spacial score (nSPS) is 12.9. The second-order valence-corrected chi connectivity index (χ2v) is 11.3. The van der Waals surface area contributed by atoms with Crippen LogP contribution in [-0.2, 0) is 18.3 Å². The van der Waals surface area contributed by atoms with E-state index in [0.29, 0.717) is 21.1 Å². The van der Waals surface area contributed by atoms with Crippen LogP contribution in [0.5, 0.6) is 5.75 Å². The van der Waals surface area contributed by atoms with Gasteiger partial charge in [-0.05, 0) is 66.2 Å². The lowest BCUT2D eigenvalue weighted by Gasteiger charge is -2.36. The number of hydrogen-bond donors (Lipinski definition) is 1. The Bertz CT molecular complexity index is 1060. The molecule has 35 heavy (non-hydrogen) atoms. The molecule has 0 heterocycles. The van der Waals surface area contributed by atoms with Gasteiger partial charge in [-0.15, -0.1) is 0 Å². The van der Waals surface area contributed by atoms with E-state index in [4.69, 9.17) is 4.74 Å². The van der Waals surface area contributed by atoms with E-state index in [1.165, 1.54) is 33.1 Å². The van der Waals surface area contributed by atoms with Crippen LogP contribution in [-0.4, -0.2) is 6.54 Å². The van der Waals surface area contributed by atoms with Crippen LogP contribution < -0.4 is 15.4 Å². The maximum absolute atomic E-state index is 6.74. The highest BCUT2D eigenvalue weighted by atomic mass is 31.1. The summed E-state index contributed by atoms with van der Waals surface area (Å²) < 4.78 is 6.74. The predicted molar refractivity (Wildman–Crippen MR) is 155 cm³/mol. The van der Waals surface area contributed by atoms with Crippen molar-refractivity contribution in [2.45, 2.75) is 85.0 Å². The standard InChI is InChI=1S/C32H44NOP/c1-7-24(5)28-20-15-21-29(30(28)34-23-26-17-12-11-13-18-26)32(8-2,9-3)35-31-25(6)16-14-19-27(31)22-33-10-4/h11-21,24,33,35H,7-10,22-23H2,1-6H3. The van der Waals surface area contributed by atoms with E-state index < -0.39 is 0 Å². The number of hydrogen-bond acceptors (Lipinski definition) is 2. The zero-order chi connectivity index (χ0) is 25.3. The number of para-hydroxylation sites is 1. The van der Waals surface area contributed by atoms with E-state index in [2.05, 4.69) is 114 Å². The summed E-state index contributed by atoms with van der Waals surface area (Å²) in [5, 5.41) is 5.11. The van der Waals surface area contributed by atoms with Gasteiger partial charge in [0.2, 0.25) is 0 Å². The Morgan fingerprint density at radius 2 is 1.60 bits per heavy atom. The fraction of sp³-hybridized carbons (Fsp3) is 0.438. The summed E-state index contributed by atoms with van der Waals surface area (Å²) in [7, 11) is 0.690. The number of aryl methyl sites for hydroxylation is 1. The molecule has 3 aromatic carbocycles. The van der Waals surface area contributed by atoms with Crippen molar-refractivity contribution in [1.29, 1.82) is 0 Å². The molecule has 0 amide bonds. The van der Waals surface area contributed by atoms with Gasteiger partial charge in [-0.2, -0.15) is 0 Å². The first-order valence-electron chi connectivity index (χ1n) is 13.4.